The number of rotatable bonds is 6. The maximum atomic E-state index is 11.7. The van der Waals surface area contributed by atoms with Crippen molar-refractivity contribution < 1.29 is 14.6 Å². The smallest absolute Gasteiger partial charge is 0.311 e. The summed E-state index contributed by atoms with van der Waals surface area (Å²) in [5, 5.41) is 10.0. The van der Waals surface area contributed by atoms with Crippen LogP contribution < -0.4 is 0 Å². The minimum absolute atomic E-state index is 0.239. The van der Waals surface area contributed by atoms with Crippen LogP contribution in [0.1, 0.15) is 58.3 Å². The highest BCUT2D eigenvalue weighted by Gasteiger charge is 2.30. The minimum Gasteiger partial charge on any atom is -0.469 e. The first-order valence-corrected chi connectivity index (χ1v) is 6.95. The highest BCUT2D eigenvalue weighted by molar-refractivity contribution is 5.72. The number of hydrogen-bond donors (Lipinski definition) is 1. The van der Waals surface area contributed by atoms with Gasteiger partial charge in [0.15, 0.2) is 0 Å². The summed E-state index contributed by atoms with van der Waals surface area (Å²) in [7, 11) is 1.41. The van der Waals surface area contributed by atoms with Crippen LogP contribution in [0.25, 0.3) is 0 Å². The maximum Gasteiger partial charge on any atom is 0.311 e. The quantitative estimate of drug-likeness (QED) is 0.728. The molecule has 0 aromatic heterocycles. The third-order valence-corrected chi connectivity index (χ3v) is 3.86. The molecule has 0 aromatic rings. The molecule has 1 fully saturated rings. The van der Waals surface area contributed by atoms with E-state index < -0.39 is 6.10 Å². The van der Waals surface area contributed by atoms with Gasteiger partial charge in [-0.3, -0.25) is 4.79 Å². The molecule has 1 N–H and O–H groups in total. The Bertz CT molecular complexity index is 222. The third-order valence-electron chi connectivity index (χ3n) is 3.86. The van der Waals surface area contributed by atoms with Crippen LogP contribution in [-0.2, 0) is 9.53 Å². The second-order valence-electron chi connectivity index (χ2n) is 5.23. The van der Waals surface area contributed by atoms with E-state index in [1.807, 2.05) is 6.92 Å². The van der Waals surface area contributed by atoms with E-state index in [1.54, 1.807) is 0 Å². The molecule has 0 saturated heterocycles. The van der Waals surface area contributed by atoms with Crippen LogP contribution in [0.2, 0.25) is 0 Å². The van der Waals surface area contributed by atoms with Crippen molar-refractivity contribution in [3.63, 3.8) is 0 Å². The van der Waals surface area contributed by atoms with Crippen molar-refractivity contribution in [2.75, 3.05) is 7.11 Å². The van der Waals surface area contributed by atoms with Gasteiger partial charge in [-0.2, -0.15) is 0 Å². The number of ether oxygens (including phenoxy) is 1. The highest BCUT2D eigenvalue weighted by Crippen LogP contribution is 2.31. The van der Waals surface area contributed by atoms with Crippen LogP contribution in [0.4, 0.5) is 0 Å². The van der Waals surface area contributed by atoms with Gasteiger partial charge in [0.1, 0.15) is 0 Å². The van der Waals surface area contributed by atoms with Crippen LogP contribution in [0.15, 0.2) is 0 Å². The minimum atomic E-state index is -0.533. The average molecular weight is 242 g/mol. The Morgan fingerprint density at radius 2 is 2.00 bits per heavy atom. The molecule has 0 aromatic carbocycles. The maximum absolute atomic E-state index is 11.7. The number of aliphatic hydroxyl groups is 1. The topological polar surface area (TPSA) is 46.5 Å². The lowest BCUT2D eigenvalue weighted by Crippen LogP contribution is -2.31. The monoisotopic (exact) mass is 242 g/mol. The third kappa shape index (κ3) is 4.66. The largest absolute Gasteiger partial charge is 0.469 e. The van der Waals surface area contributed by atoms with Gasteiger partial charge in [-0.05, 0) is 18.8 Å². The standard InChI is InChI=1S/C14H26O3/c1-3-7-13(15)12(14(16)17-2)10-11-8-5-4-6-9-11/h11-13,15H,3-10H2,1-2H3/t12-,13-/m1/s1. The first-order valence-electron chi connectivity index (χ1n) is 6.95. The van der Waals surface area contributed by atoms with Crippen molar-refractivity contribution >= 4 is 5.97 Å². The predicted octanol–water partition coefficient (Wildman–Crippen LogP) is 2.91. The number of hydrogen-bond acceptors (Lipinski definition) is 3. The van der Waals surface area contributed by atoms with E-state index >= 15 is 0 Å². The van der Waals surface area contributed by atoms with Crippen molar-refractivity contribution in [1.82, 2.24) is 0 Å². The van der Waals surface area contributed by atoms with E-state index in [-0.39, 0.29) is 11.9 Å². The SMILES string of the molecule is CCC[C@@H](O)[C@@H](CC1CCCCC1)C(=O)OC. The molecule has 1 saturated carbocycles. The molecular weight excluding hydrogens is 216 g/mol. The molecule has 0 aliphatic heterocycles. The Kier molecular flexibility index (Phi) is 6.56. The van der Waals surface area contributed by atoms with E-state index in [1.165, 1.54) is 39.2 Å². The molecule has 1 aliphatic rings. The lowest BCUT2D eigenvalue weighted by molar-refractivity contribution is -0.150. The van der Waals surface area contributed by atoms with Gasteiger partial charge in [0.2, 0.25) is 0 Å². The lowest BCUT2D eigenvalue weighted by atomic mass is 9.80. The summed E-state index contributed by atoms with van der Waals surface area (Å²) in [4.78, 5) is 11.7. The molecule has 0 heterocycles. The summed E-state index contributed by atoms with van der Waals surface area (Å²) in [5.41, 5.74) is 0. The number of carbonyl (C=O) groups is 1. The summed E-state index contributed by atoms with van der Waals surface area (Å²) >= 11 is 0. The van der Waals surface area contributed by atoms with Gasteiger partial charge in [0.05, 0.1) is 19.1 Å². The van der Waals surface area contributed by atoms with Crippen molar-refractivity contribution in [1.29, 1.82) is 0 Å². The second-order valence-corrected chi connectivity index (χ2v) is 5.23. The summed E-state index contributed by atoms with van der Waals surface area (Å²) in [6.45, 7) is 2.03. The zero-order valence-corrected chi connectivity index (χ0v) is 11.2. The summed E-state index contributed by atoms with van der Waals surface area (Å²) in [5.74, 6) is 0.0407. The normalized spacial score (nSPS) is 20.9. The van der Waals surface area contributed by atoms with Crippen LogP contribution in [0.5, 0.6) is 0 Å². The summed E-state index contributed by atoms with van der Waals surface area (Å²) in [6.07, 6.45) is 8.11. The molecule has 3 heteroatoms. The van der Waals surface area contributed by atoms with E-state index in [2.05, 4.69) is 0 Å². The number of esters is 1. The van der Waals surface area contributed by atoms with Crippen molar-refractivity contribution in [2.45, 2.75) is 64.4 Å². The Labute approximate surface area is 105 Å². The molecule has 17 heavy (non-hydrogen) atoms. The molecule has 0 unspecified atom stereocenters. The lowest BCUT2D eigenvalue weighted by Gasteiger charge is -2.27. The summed E-state index contributed by atoms with van der Waals surface area (Å²) < 4.78 is 4.82. The molecule has 100 valence electrons. The van der Waals surface area contributed by atoms with Gasteiger partial charge in [-0.1, -0.05) is 45.4 Å². The van der Waals surface area contributed by atoms with Gasteiger partial charge in [-0.15, -0.1) is 0 Å². The number of methoxy groups -OCH3 is 1. The van der Waals surface area contributed by atoms with Crippen LogP contribution in [-0.4, -0.2) is 24.3 Å². The second kappa shape index (κ2) is 7.70. The zero-order valence-electron chi connectivity index (χ0n) is 11.2. The first kappa shape index (κ1) is 14.5. The number of aliphatic hydroxyl groups excluding tert-OH is 1. The predicted molar refractivity (Wildman–Crippen MR) is 67.6 cm³/mol. The Morgan fingerprint density at radius 3 is 2.53 bits per heavy atom. The Hall–Kier alpha value is -0.570. The molecular formula is C14H26O3. The first-order chi connectivity index (χ1) is 8.19. The van der Waals surface area contributed by atoms with E-state index in [9.17, 15) is 9.90 Å². The van der Waals surface area contributed by atoms with Gasteiger partial charge in [0.25, 0.3) is 0 Å². The Morgan fingerprint density at radius 1 is 1.35 bits per heavy atom. The van der Waals surface area contributed by atoms with Crippen LogP contribution >= 0.6 is 0 Å². The van der Waals surface area contributed by atoms with Gasteiger partial charge in [0, 0.05) is 0 Å². The van der Waals surface area contributed by atoms with Gasteiger partial charge in [-0.25, -0.2) is 0 Å². The van der Waals surface area contributed by atoms with E-state index in [0.717, 1.165) is 12.8 Å². The molecule has 2 atom stereocenters. The molecule has 0 radical (unpaired) electrons. The van der Waals surface area contributed by atoms with Crippen molar-refractivity contribution in [3.05, 3.63) is 0 Å². The molecule has 0 bridgehead atoms. The Balaban J connectivity index is 2.52. The van der Waals surface area contributed by atoms with Crippen molar-refractivity contribution in [3.8, 4) is 0 Å². The van der Waals surface area contributed by atoms with E-state index in [4.69, 9.17) is 4.74 Å². The molecule has 3 nitrogen and oxygen atoms in total. The van der Waals surface area contributed by atoms with Gasteiger partial charge >= 0.3 is 5.97 Å². The van der Waals surface area contributed by atoms with E-state index in [0.29, 0.717) is 12.3 Å². The highest BCUT2D eigenvalue weighted by atomic mass is 16.5. The van der Waals surface area contributed by atoms with Gasteiger partial charge < -0.3 is 9.84 Å². The summed E-state index contributed by atoms with van der Waals surface area (Å²) in [6, 6.07) is 0. The fourth-order valence-corrected chi connectivity index (χ4v) is 2.84. The molecule has 0 spiro atoms. The fourth-order valence-electron chi connectivity index (χ4n) is 2.84. The molecule has 1 rings (SSSR count). The zero-order chi connectivity index (χ0) is 12.7. The number of carbonyl (C=O) groups excluding carboxylic acids is 1. The molecule has 1 aliphatic carbocycles. The molecule has 0 amide bonds. The van der Waals surface area contributed by atoms with Crippen LogP contribution in [0, 0.1) is 11.8 Å². The average Bonchev–Trinajstić information content (AvgIpc) is 2.36. The fraction of sp³-hybridized carbons (Fsp3) is 0.929. The van der Waals surface area contributed by atoms with Crippen LogP contribution in [0.3, 0.4) is 0 Å². The van der Waals surface area contributed by atoms with Crippen molar-refractivity contribution in [2.24, 2.45) is 11.8 Å².